The number of benzene rings is 1. The third kappa shape index (κ3) is 1.77. The number of allylic oxidation sites excluding steroid dienone is 1. The zero-order valence-corrected chi connectivity index (χ0v) is 12.3. The van der Waals surface area contributed by atoms with Gasteiger partial charge < -0.3 is 19.4 Å². The number of phenols is 1. The normalized spacial score (nSPS) is 20.7. The molecule has 6 nitrogen and oxygen atoms in total. The molecule has 1 aromatic carbocycles. The average Bonchev–Trinajstić information content (AvgIpc) is 2.41. The molecule has 1 unspecified atom stereocenters. The quantitative estimate of drug-likeness (QED) is 0.833. The predicted octanol–water partition coefficient (Wildman–Crippen LogP) is 1.74. The molecule has 0 bridgehead atoms. The van der Waals surface area contributed by atoms with E-state index in [2.05, 4.69) is 0 Å². The maximum Gasteiger partial charge on any atom is 0.196 e. The summed E-state index contributed by atoms with van der Waals surface area (Å²) in [5, 5.41) is 20.9. The van der Waals surface area contributed by atoms with Crippen LogP contribution in [0.4, 0.5) is 0 Å². The highest BCUT2D eigenvalue weighted by atomic mass is 16.5. The first-order valence-electron chi connectivity index (χ1n) is 6.61. The molecule has 0 spiro atoms. The third-order valence-electron chi connectivity index (χ3n) is 3.85. The van der Waals surface area contributed by atoms with E-state index in [0.29, 0.717) is 5.76 Å². The summed E-state index contributed by atoms with van der Waals surface area (Å²) in [6.45, 7) is 3.04. The SMILES string of the molecule is COC1=CC(=O)c2c(cc3oc(C)cc(=O)c3c2O)C1(C)O. The van der Waals surface area contributed by atoms with Crippen LogP contribution >= 0.6 is 0 Å². The molecule has 2 N–H and O–H groups in total. The molecule has 6 heteroatoms. The number of fused-ring (bicyclic) bond motifs is 2. The molecule has 0 aliphatic heterocycles. The molecule has 2 aromatic rings. The van der Waals surface area contributed by atoms with E-state index in [0.717, 1.165) is 6.08 Å². The van der Waals surface area contributed by atoms with E-state index in [1.807, 2.05) is 0 Å². The highest BCUT2D eigenvalue weighted by Gasteiger charge is 2.40. The summed E-state index contributed by atoms with van der Waals surface area (Å²) in [5.41, 5.74) is -1.95. The van der Waals surface area contributed by atoms with E-state index >= 15 is 0 Å². The Balaban J connectivity index is 2.49. The highest BCUT2D eigenvalue weighted by Crippen LogP contribution is 2.42. The number of aromatic hydroxyl groups is 1. The van der Waals surface area contributed by atoms with Gasteiger partial charge in [0.05, 0.1) is 12.7 Å². The van der Waals surface area contributed by atoms with Gasteiger partial charge in [-0.05, 0) is 19.9 Å². The molecule has 1 atom stereocenters. The van der Waals surface area contributed by atoms with Gasteiger partial charge in [-0.2, -0.15) is 0 Å². The molecule has 0 fully saturated rings. The lowest BCUT2D eigenvalue weighted by atomic mass is 9.82. The standard InChI is InChI=1S/C16H14O6/c1-7-4-9(17)14-11(22-7)5-8-13(15(14)19)10(18)6-12(21-3)16(8,2)20/h4-6,19-20H,1-3H3. The van der Waals surface area contributed by atoms with Crippen molar-refractivity contribution >= 4 is 16.8 Å². The molecule has 0 saturated carbocycles. The van der Waals surface area contributed by atoms with Gasteiger partial charge in [0.1, 0.15) is 33.8 Å². The number of rotatable bonds is 1. The summed E-state index contributed by atoms with van der Waals surface area (Å²) in [6.07, 6.45) is 1.10. The molecule has 1 aliphatic rings. The van der Waals surface area contributed by atoms with Crippen LogP contribution < -0.4 is 5.43 Å². The fourth-order valence-corrected chi connectivity index (χ4v) is 2.78. The van der Waals surface area contributed by atoms with Gasteiger partial charge in [0, 0.05) is 17.7 Å². The molecule has 1 heterocycles. The average molecular weight is 302 g/mol. The highest BCUT2D eigenvalue weighted by molar-refractivity contribution is 6.12. The van der Waals surface area contributed by atoms with Crippen molar-refractivity contribution in [2.45, 2.75) is 19.4 Å². The van der Waals surface area contributed by atoms with Gasteiger partial charge in [0.25, 0.3) is 0 Å². The molecule has 1 aliphatic carbocycles. The summed E-state index contributed by atoms with van der Waals surface area (Å²) < 4.78 is 10.5. The van der Waals surface area contributed by atoms with Gasteiger partial charge in [-0.3, -0.25) is 9.59 Å². The number of ether oxygens (including phenoxy) is 1. The number of hydrogen-bond donors (Lipinski definition) is 2. The van der Waals surface area contributed by atoms with E-state index in [4.69, 9.17) is 9.15 Å². The Hall–Kier alpha value is -2.60. The maximum absolute atomic E-state index is 12.2. The topological polar surface area (TPSA) is 97.0 Å². The zero-order valence-electron chi connectivity index (χ0n) is 12.3. The zero-order chi connectivity index (χ0) is 16.2. The van der Waals surface area contributed by atoms with Crippen LogP contribution in [0.15, 0.2) is 33.2 Å². The van der Waals surface area contributed by atoms with Gasteiger partial charge >= 0.3 is 0 Å². The summed E-state index contributed by atoms with van der Waals surface area (Å²) in [6, 6.07) is 2.62. The first-order valence-corrected chi connectivity index (χ1v) is 6.61. The van der Waals surface area contributed by atoms with Gasteiger partial charge in [-0.25, -0.2) is 0 Å². The lowest BCUT2D eigenvalue weighted by Gasteiger charge is -2.31. The third-order valence-corrected chi connectivity index (χ3v) is 3.85. The first-order chi connectivity index (χ1) is 10.3. The van der Waals surface area contributed by atoms with Crippen molar-refractivity contribution in [1.29, 1.82) is 0 Å². The summed E-state index contributed by atoms with van der Waals surface area (Å²) in [4.78, 5) is 24.3. The molecular formula is C16H14O6. The summed E-state index contributed by atoms with van der Waals surface area (Å²) in [5.74, 6) is -0.615. The minimum absolute atomic E-state index is 0.0544. The Morgan fingerprint density at radius 3 is 2.59 bits per heavy atom. The van der Waals surface area contributed by atoms with E-state index in [1.54, 1.807) is 6.92 Å². The second-order valence-corrected chi connectivity index (χ2v) is 5.39. The summed E-state index contributed by atoms with van der Waals surface area (Å²) >= 11 is 0. The van der Waals surface area contributed by atoms with Gasteiger partial charge in [-0.15, -0.1) is 0 Å². The number of aliphatic hydroxyl groups is 1. The van der Waals surface area contributed by atoms with E-state index < -0.39 is 22.6 Å². The number of phenolic OH excluding ortho intramolecular Hbond substituents is 1. The Labute approximate surface area is 125 Å². The van der Waals surface area contributed by atoms with Crippen LogP contribution in [0, 0.1) is 6.92 Å². The van der Waals surface area contributed by atoms with E-state index in [1.165, 1.54) is 26.2 Å². The fourth-order valence-electron chi connectivity index (χ4n) is 2.78. The molecule has 0 radical (unpaired) electrons. The van der Waals surface area contributed by atoms with Crippen molar-refractivity contribution in [2.24, 2.45) is 0 Å². The van der Waals surface area contributed by atoms with Gasteiger partial charge in [0.2, 0.25) is 0 Å². The number of hydrogen-bond acceptors (Lipinski definition) is 6. The predicted molar refractivity (Wildman–Crippen MR) is 77.9 cm³/mol. The second-order valence-electron chi connectivity index (χ2n) is 5.39. The number of methoxy groups -OCH3 is 1. The lowest BCUT2D eigenvalue weighted by molar-refractivity contribution is 0.0314. The fraction of sp³-hybridized carbons (Fsp3) is 0.250. The van der Waals surface area contributed by atoms with Crippen LogP contribution in [-0.4, -0.2) is 23.1 Å². The van der Waals surface area contributed by atoms with E-state index in [-0.39, 0.29) is 27.9 Å². The van der Waals surface area contributed by atoms with Crippen LogP contribution in [0.25, 0.3) is 11.0 Å². The van der Waals surface area contributed by atoms with Crippen molar-refractivity contribution < 1.29 is 24.2 Å². The minimum Gasteiger partial charge on any atom is -0.506 e. The van der Waals surface area contributed by atoms with Gasteiger partial charge in [-0.1, -0.05) is 0 Å². The molecular weight excluding hydrogens is 288 g/mol. The monoisotopic (exact) mass is 302 g/mol. The number of aryl methyl sites for hydroxylation is 1. The molecule has 3 rings (SSSR count). The molecule has 1 aromatic heterocycles. The Morgan fingerprint density at radius 2 is 1.95 bits per heavy atom. The molecule has 114 valence electrons. The second kappa shape index (κ2) is 4.45. The van der Waals surface area contributed by atoms with Crippen molar-refractivity contribution in [3.8, 4) is 5.75 Å². The number of carbonyl (C=O) groups is 1. The van der Waals surface area contributed by atoms with Crippen LogP contribution in [0.5, 0.6) is 5.75 Å². The van der Waals surface area contributed by atoms with Crippen LogP contribution in [0.1, 0.15) is 28.6 Å². The largest absolute Gasteiger partial charge is 0.506 e. The Morgan fingerprint density at radius 1 is 1.27 bits per heavy atom. The Kier molecular flexibility index (Phi) is 2.90. The molecule has 22 heavy (non-hydrogen) atoms. The minimum atomic E-state index is -1.62. The number of carbonyl (C=O) groups excluding carboxylic acids is 1. The first kappa shape index (κ1) is 14.3. The summed E-state index contributed by atoms with van der Waals surface area (Å²) in [7, 11) is 1.34. The van der Waals surface area contributed by atoms with E-state index in [9.17, 15) is 19.8 Å². The molecule has 0 amide bonds. The van der Waals surface area contributed by atoms with Crippen molar-refractivity contribution in [1.82, 2.24) is 0 Å². The lowest BCUT2D eigenvalue weighted by Crippen LogP contribution is -2.32. The Bertz CT molecular complexity index is 901. The van der Waals surface area contributed by atoms with Crippen molar-refractivity contribution in [3.05, 3.63) is 51.1 Å². The molecule has 0 saturated heterocycles. The smallest absolute Gasteiger partial charge is 0.196 e. The van der Waals surface area contributed by atoms with Crippen LogP contribution in [0.2, 0.25) is 0 Å². The number of ketones is 1. The maximum atomic E-state index is 12.2. The van der Waals surface area contributed by atoms with Crippen LogP contribution in [0.3, 0.4) is 0 Å². The van der Waals surface area contributed by atoms with Gasteiger partial charge in [0.15, 0.2) is 11.2 Å². The van der Waals surface area contributed by atoms with Crippen molar-refractivity contribution in [3.63, 3.8) is 0 Å². The van der Waals surface area contributed by atoms with Crippen molar-refractivity contribution in [2.75, 3.05) is 7.11 Å². The van der Waals surface area contributed by atoms with Crippen LogP contribution in [-0.2, 0) is 10.3 Å².